The van der Waals surface area contributed by atoms with Crippen molar-refractivity contribution in [2.75, 3.05) is 12.0 Å². The Hall–Kier alpha value is -1.31. The highest BCUT2D eigenvalue weighted by atomic mass is 127. The van der Waals surface area contributed by atoms with Crippen LogP contribution in [0.15, 0.2) is 18.2 Å². The Morgan fingerprint density at radius 3 is 2.57 bits per heavy atom. The van der Waals surface area contributed by atoms with Crippen molar-refractivity contribution < 1.29 is 19.1 Å². The Morgan fingerprint density at radius 1 is 1.33 bits per heavy atom. The Bertz CT molecular complexity index is 580. The number of methoxy groups -OCH3 is 1. The first-order chi connectivity index (χ1) is 9.73. The molecule has 114 valence electrons. The highest BCUT2D eigenvalue weighted by Crippen LogP contribution is 2.35. The largest absolute Gasteiger partial charge is 0.467 e. The molecular weight excluding hydrogens is 385 g/mol. The van der Waals surface area contributed by atoms with Gasteiger partial charge in [0.1, 0.15) is 11.6 Å². The summed E-state index contributed by atoms with van der Waals surface area (Å²) in [5.74, 6) is -0.438. The molecule has 5 nitrogen and oxygen atoms in total. The lowest BCUT2D eigenvalue weighted by Crippen LogP contribution is -2.45. The number of ether oxygens (including phenoxy) is 2. The molecule has 1 aromatic carbocycles. The van der Waals surface area contributed by atoms with E-state index in [9.17, 15) is 9.59 Å². The SMILES string of the molecule is COC(=O)[C@@H]1Cc2ccc(I)cc2N1C(=O)OC(C)(C)C. The second kappa shape index (κ2) is 5.82. The number of benzene rings is 1. The van der Waals surface area contributed by atoms with Crippen LogP contribution in [0.1, 0.15) is 26.3 Å². The van der Waals surface area contributed by atoms with E-state index >= 15 is 0 Å². The van der Waals surface area contributed by atoms with Crippen molar-refractivity contribution in [2.24, 2.45) is 0 Å². The molecule has 0 N–H and O–H groups in total. The molecule has 1 heterocycles. The van der Waals surface area contributed by atoms with Crippen LogP contribution in [0.4, 0.5) is 10.5 Å². The number of hydrogen-bond acceptors (Lipinski definition) is 4. The van der Waals surface area contributed by atoms with Crippen LogP contribution in [-0.4, -0.2) is 30.8 Å². The van der Waals surface area contributed by atoms with E-state index in [4.69, 9.17) is 9.47 Å². The summed E-state index contributed by atoms with van der Waals surface area (Å²) in [6.45, 7) is 5.39. The van der Waals surface area contributed by atoms with Crippen LogP contribution in [0.3, 0.4) is 0 Å². The zero-order chi connectivity index (χ0) is 15.8. The number of esters is 1. The maximum Gasteiger partial charge on any atom is 0.415 e. The normalized spacial score (nSPS) is 17.4. The zero-order valence-corrected chi connectivity index (χ0v) is 14.6. The molecule has 0 radical (unpaired) electrons. The maximum atomic E-state index is 12.5. The highest BCUT2D eigenvalue weighted by molar-refractivity contribution is 14.1. The number of rotatable bonds is 1. The zero-order valence-electron chi connectivity index (χ0n) is 12.5. The third kappa shape index (κ3) is 3.48. The molecule has 21 heavy (non-hydrogen) atoms. The second-order valence-electron chi connectivity index (χ2n) is 5.87. The lowest BCUT2D eigenvalue weighted by Gasteiger charge is -2.28. The minimum Gasteiger partial charge on any atom is -0.467 e. The van der Waals surface area contributed by atoms with Crippen molar-refractivity contribution in [1.29, 1.82) is 0 Å². The molecule has 0 saturated carbocycles. The van der Waals surface area contributed by atoms with Gasteiger partial charge < -0.3 is 9.47 Å². The predicted octanol–water partition coefficient (Wildman–Crippen LogP) is 3.13. The van der Waals surface area contributed by atoms with Crippen LogP contribution < -0.4 is 4.90 Å². The summed E-state index contributed by atoms with van der Waals surface area (Å²) in [4.78, 5) is 25.8. The summed E-state index contributed by atoms with van der Waals surface area (Å²) in [5.41, 5.74) is 1.03. The smallest absolute Gasteiger partial charge is 0.415 e. The summed E-state index contributed by atoms with van der Waals surface area (Å²) < 4.78 is 11.2. The van der Waals surface area contributed by atoms with E-state index in [0.29, 0.717) is 12.1 Å². The number of anilines is 1. The van der Waals surface area contributed by atoms with Gasteiger partial charge in [-0.15, -0.1) is 0 Å². The number of carbonyl (C=O) groups excluding carboxylic acids is 2. The second-order valence-corrected chi connectivity index (χ2v) is 7.11. The topological polar surface area (TPSA) is 55.8 Å². The van der Waals surface area contributed by atoms with Crippen LogP contribution in [0, 0.1) is 3.57 Å². The third-order valence-corrected chi connectivity index (χ3v) is 3.77. The lowest BCUT2D eigenvalue weighted by molar-refractivity contribution is -0.142. The number of hydrogen-bond donors (Lipinski definition) is 0. The van der Waals surface area contributed by atoms with Gasteiger partial charge in [0.2, 0.25) is 0 Å². The van der Waals surface area contributed by atoms with Crippen LogP contribution in [-0.2, 0) is 20.7 Å². The van der Waals surface area contributed by atoms with Gasteiger partial charge in [-0.1, -0.05) is 6.07 Å². The molecule has 1 atom stereocenters. The third-order valence-electron chi connectivity index (χ3n) is 3.10. The van der Waals surface area contributed by atoms with Crippen molar-refractivity contribution in [1.82, 2.24) is 0 Å². The molecule has 0 bridgehead atoms. The number of amides is 1. The standard InChI is InChI=1S/C15H18INO4/c1-15(2,3)21-14(19)17-11-8-10(16)6-5-9(11)7-12(17)13(18)20-4/h5-6,8,12H,7H2,1-4H3/t12-/m0/s1. The Balaban J connectivity index is 2.39. The molecule has 1 amide bonds. The van der Waals surface area contributed by atoms with Crippen LogP contribution in [0.25, 0.3) is 0 Å². The average Bonchev–Trinajstić information content (AvgIpc) is 2.74. The van der Waals surface area contributed by atoms with E-state index in [1.54, 1.807) is 20.8 Å². The fourth-order valence-electron chi connectivity index (χ4n) is 2.26. The van der Waals surface area contributed by atoms with E-state index in [2.05, 4.69) is 22.6 Å². The molecule has 1 aliphatic heterocycles. The van der Waals surface area contributed by atoms with Crippen molar-refractivity contribution in [2.45, 2.75) is 38.8 Å². The van der Waals surface area contributed by atoms with Crippen molar-refractivity contribution in [3.63, 3.8) is 0 Å². The van der Waals surface area contributed by atoms with Gasteiger partial charge in [-0.25, -0.2) is 9.59 Å². The summed E-state index contributed by atoms with van der Waals surface area (Å²) in [5, 5.41) is 0. The minimum absolute atomic E-state index is 0.438. The number of halogens is 1. The van der Waals surface area contributed by atoms with E-state index < -0.39 is 23.7 Å². The first-order valence-electron chi connectivity index (χ1n) is 6.61. The summed E-state index contributed by atoms with van der Waals surface area (Å²) in [7, 11) is 1.32. The molecular formula is C15H18INO4. The van der Waals surface area contributed by atoms with Gasteiger partial charge in [0, 0.05) is 9.99 Å². The van der Waals surface area contributed by atoms with Crippen LogP contribution >= 0.6 is 22.6 Å². The van der Waals surface area contributed by atoms with Crippen LogP contribution in [0.2, 0.25) is 0 Å². The van der Waals surface area contributed by atoms with E-state index in [1.807, 2.05) is 18.2 Å². The van der Waals surface area contributed by atoms with E-state index in [-0.39, 0.29) is 0 Å². The number of carbonyl (C=O) groups is 2. The molecule has 1 aromatic rings. The van der Waals surface area contributed by atoms with Gasteiger partial charge in [-0.3, -0.25) is 4.90 Å². The quantitative estimate of drug-likeness (QED) is 0.534. The van der Waals surface area contributed by atoms with Gasteiger partial charge in [0.25, 0.3) is 0 Å². The molecule has 0 spiro atoms. The van der Waals surface area contributed by atoms with Gasteiger partial charge in [0.15, 0.2) is 0 Å². The molecule has 0 aliphatic carbocycles. The van der Waals surface area contributed by atoms with E-state index in [0.717, 1.165) is 9.13 Å². The number of nitrogens with zero attached hydrogens (tertiary/aromatic N) is 1. The molecule has 0 aromatic heterocycles. The lowest BCUT2D eigenvalue weighted by atomic mass is 10.1. The highest BCUT2D eigenvalue weighted by Gasteiger charge is 2.41. The Labute approximate surface area is 137 Å². The van der Waals surface area contributed by atoms with Crippen LogP contribution in [0.5, 0.6) is 0 Å². The van der Waals surface area contributed by atoms with Gasteiger partial charge >= 0.3 is 12.1 Å². The average molecular weight is 403 g/mol. The Kier molecular flexibility index (Phi) is 4.46. The number of fused-ring (bicyclic) bond motifs is 1. The summed E-state index contributed by atoms with van der Waals surface area (Å²) in [6.07, 6.45) is -0.0864. The fourth-order valence-corrected chi connectivity index (χ4v) is 2.74. The van der Waals surface area contributed by atoms with E-state index in [1.165, 1.54) is 12.0 Å². The molecule has 6 heteroatoms. The van der Waals surface area contributed by atoms with Gasteiger partial charge in [-0.05, 0) is 61.1 Å². The fraction of sp³-hybridized carbons (Fsp3) is 0.467. The first-order valence-corrected chi connectivity index (χ1v) is 7.69. The van der Waals surface area contributed by atoms with Crippen molar-refractivity contribution >= 4 is 40.3 Å². The molecule has 1 aliphatic rings. The molecule has 0 fully saturated rings. The first kappa shape index (κ1) is 16.1. The maximum absolute atomic E-state index is 12.5. The van der Waals surface area contributed by atoms with Gasteiger partial charge in [-0.2, -0.15) is 0 Å². The predicted molar refractivity (Wildman–Crippen MR) is 87.4 cm³/mol. The van der Waals surface area contributed by atoms with Crippen molar-refractivity contribution in [3.05, 3.63) is 27.3 Å². The molecule has 0 saturated heterocycles. The Morgan fingerprint density at radius 2 is 2.00 bits per heavy atom. The van der Waals surface area contributed by atoms with Crippen molar-refractivity contribution in [3.8, 4) is 0 Å². The summed E-state index contributed by atoms with van der Waals surface area (Å²) in [6, 6.07) is 5.09. The molecule has 0 unspecified atom stereocenters. The minimum atomic E-state index is -0.668. The van der Waals surface area contributed by atoms with Gasteiger partial charge in [0.05, 0.1) is 12.8 Å². The summed E-state index contributed by atoms with van der Waals surface area (Å²) >= 11 is 2.17. The molecule has 2 rings (SSSR count). The monoisotopic (exact) mass is 403 g/mol.